The van der Waals surface area contributed by atoms with Crippen LogP contribution in [0.5, 0.6) is 5.75 Å². The zero-order valence-electron chi connectivity index (χ0n) is 10.7. The first-order valence-electron chi connectivity index (χ1n) is 6.01. The van der Waals surface area contributed by atoms with Crippen LogP contribution in [0.3, 0.4) is 0 Å². The van der Waals surface area contributed by atoms with Gasteiger partial charge in [0.2, 0.25) is 0 Å². The molecule has 1 aromatic carbocycles. The number of rotatable bonds is 6. The van der Waals surface area contributed by atoms with Gasteiger partial charge in [0, 0.05) is 17.6 Å². The summed E-state index contributed by atoms with van der Waals surface area (Å²) in [5, 5.41) is 3.29. The van der Waals surface area contributed by atoms with Crippen molar-refractivity contribution >= 4 is 17.5 Å². The maximum absolute atomic E-state index is 12.0. The summed E-state index contributed by atoms with van der Waals surface area (Å²) < 4.78 is 5.53. The summed E-state index contributed by atoms with van der Waals surface area (Å²) in [6, 6.07) is 4.93. The number of hydrogen-bond acceptors (Lipinski definition) is 3. The van der Waals surface area contributed by atoms with E-state index < -0.39 is 0 Å². The lowest BCUT2D eigenvalue weighted by Crippen LogP contribution is -2.37. The van der Waals surface area contributed by atoms with E-state index in [4.69, 9.17) is 22.1 Å². The maximum Gasteiger partial charge on any atom is 0.255 e. The van der Waals surface area contributed by atoms with Gasteiger partial charge in [-0.15, -0.1) is 0 Å². The van der Waals surface area contributed by atoms with Crippen LogP contribution in [0.1, 0.15) is 30.6 Å². The number of carbonyl (C=O) groups excluding carboxylic acids is 1. The van der Waals surface area contributed by atoms with Crippen molar-refractivity contribution in [1.82, 2.24) is 5.32 Å². The van der Waals surface area contributed by atoms with Crippen molar-refractivity contribution in [3.05, 3.63) is 28.8 Å². The molecule has 0 aliphatic heterocycles. The molecule has 0 radical (unpaired) electrons. The van der Waals surface area contributed by atoms with Crippen LogP contribution in [0.15, 0.2) is 18.2 Å². The molecule has 0 unspecified atom stereocenters. The standard InChI is InChI=1S/C13H19ClN2O2/c1-3-6-18-12-5-4-10(14)7-11(12)13(17)16-9(2)8-15/h4-5,7,9H,3,6,8,15H2,1-2H3,(H,16,17)/t9-/m0/s1. The van der Waals surface area contributed by atoms with Crippen LogP contribution in [0.2, 0.25) is 5.02 Å². The van der Waals surface area contributed by atoms with Crippen LogP contribution in [0.25, 0.3) is 0 Å². The molecule has 1 rings (SSSR count). The minimum absolute atomic E-state index is 0.0875. The molecule has 0 heterocycles. The highest BCUT2D eigenvalue weighted by atomic mass is 35.5. The summed E-state index contributed by atoms with van der Waals surface area (Å²) in [6.07, 6.45) is 0.878. The molecule has 0 spiro atoms. The Morgan fingerprint density at radius 1 is 1.56 bits per heavy atom. The molecular weight excluding hydrogens is 252 g/mol. The monoisotopic (exact) mass is 270 g/mol. The summed E-state index contributed by atoms with van der Waals surface area (Å²) in [7, 11) is 0. The second-order valence-electron chi connectivity index (χ2n) is 4.10. The molecule has 0 aliphatic carbocycles. The zero-order valence-corrected chi connectivity index (χ0v) is 11.5. The smallest absolute Gasteiger partial charge is 0.255 e. The second-order valence-corrected chi connectivity index (χ2v) is 4.54. The second kappa shape index (κ2) is 7.24. The van der Waals surface area contributed by atoms with Gasteiger partial charge in [-0.3, -0.25) is 4.79 Å². The Labute approximate surface area is 112 Å². The molecule has 18 heavy (non-hydrogen) atoms. The van der Waals surface area contributed by atoms with Gasteiger partial charge in [0.15, 0.2) is 0 Å². The summed E-state index contributed by atoms with van der Waals surface area (Å²) in [6.45, 7) is 4.80. The molecule has 0 fully saturated rings. The lowest BCUT2D eigenvalue weighted by Gasteiger charge is -2.14. The molecule has 0 bridgehead atoms. The first-order chi connectivity index (χ1) is 8.58. The third-order valence-electron chi connectivity index (χ3n) is 2.38. The molecular formula is C13H19ClN2O2. The van der Waals surface area contributed by atoms with E-state index in [0.717, 1.165) is 6.42 Å². The molecule has 3 N–H and O–H groups in total. The zero-order chi connectivity index (χ0) is 13.5. The largest absolute Gasteiger partial charge is 0.493 e. The molecule has 5 heteroatoms. The lowest BCUT2D eigenvalue weighted by atomic mass is 10.1. The van der Waals surface area contributed by atoms with Crippen molar-refractivity contribution in [2.45, 2.75) is 26.3 Å². The first kappa shape index (κ1) is 14.8. The number of hydrogen-bond donors (Lipinski definition) is 2. The minimum atomic E-state index is -0.221. The highest BCUT2D eigenvalue weighted by Crippen LogP contribution is 2.23. The predicted molar refractivity (Wildman–Crippen MR) is 73.2 cm³/mol. The maximum atomic E-state index is 12.0. The molecule has 0 saturated carbocycles. The number of ether oxygens (including phenoxy) is 1. The van der Waals surface area contributed by atoms with Crippen LogP contribution in [0.4, 0.5) is 0 Å². The van der Waals surface area contributed by atoms with Crippen LogP contribution in [0, 0.1) is 0 Å². The number of nitrogens with two attached hydrogens (primary N) is 1. The van der Waals surface area contributed by atoms with E-state index in [-0.39, 0.29) is 11.9 Å². The third-order valence-corrected chi connectivity index (χ3v) is 2.61. The SMILES string of the molecule is CCCOc1ccc(Cl)cc1C(=O)N[C@@H](C)CN. The van der Waals surface area contributed by atoms with Gasteiger partial charge in [-0.05, 0) is 31.5 Å². The molecule has 1 amide bonds. The van der Waals surface area contributed by atoms with Gasteiger partial charge < -0.3 is 15.8 Å². The van der Waals surface area contributed by atoms with Crippen LogP contribution in [-0.4, -0.2) is 25.1 Å². The molecule has 0 aliphatic rings. The predicted octanol–water partition coefficient (Wildman–Crippen LogP) is 2.21. The van der Waals surface area contributed by atoms with E-state index in [0.29, 0.717) is 29.5 Å². The van der Waals surface area contributed by atoms with Gasteiger partial charge in [0.1, 0.15) is 5.75 Å². The Morgan fingerprint density at radius 3 is 2.89 bits per heavy atom. The van der Waals surface area contributed by atoms with Gasteiger partial charge in [-0.25, -0.2) is 0 Å². The Bertz CT molecular complexity index is 410. The van der Waals surface area contributed by atoms with Crippen molar-refractivity contribution in [3.63, 3.8) is 0 Å². The highest BCUT2D eigenvalue weighted by molar-refractivity contribution is 6.31. The molecule has 0 saturated heterocycles. The van der Waals surface area contributed by atoms with E-state index in [1.54, 1.807) is 18.2 Å². The van der Waals surface area contributed by atoms with Crippen molar-refractivity contribution in [2.24, 2.45) is 5.73 Å². The van der Waals surface area contributed by atoms with Crippen molar-refractivity contribution < 1.29 is 9.53 Å². The fourth-order valence-corrected chi connectivity index (χ4v) is 1.55. The summed E-state index contributed by atoms with van der Waals surface area (Å²) in [5.41, 5.74) is 5.92. The van der Waals surface area contributed by atoms with E-state index in [2.05, 4.69) is 5.32 Å². The minimum Gasteiger partial charge on any atom is -0.493 e. The van der Waals surface area contributed by atoms with Gasteiger partial charge in [-0.2, -0.15) is 0 Å². The van der Waals surface area contributed by atoms with Crippen molar-refractivity contribution in [1.29, 1.82) is 0 Å². The van der Waals surface area contributed by atoms with Crippen LogP contribution >= 0.6 is 11.6 Å². The number of nitrogens with one attached hydrogen (secondary N) is 1. The van der Waals surface area contributed by atoms with Crippen LogP contribution in [-0.2, 0) is 0 Å². The molecule has 1 atom stereocenters. The van der Waals surface area contributed by atoms with Gasteiger partial charge >= 0.3 is 0 Å². The summed E-state index contributed by atoms with van der Waals surface area (Å²) in [5.74, 6) is 0.324. The normalized spacial score (nSPS) is 12.0. The molecule has 1 aromatic rings. The van der Waals surface area contributed by atoms with Gasteiger partial charge in [0.25, 0.3) is 5.91 Å². The quantitative estimate of drug-likeness (QED) is 0.833. The Balaban J connectivity index is 2.90. The molecule has 4 nitrogen and oxygen atoms in total. The fraction of sp³-hybridized carbons (Fsp3) is 0.462. The molecule has 0 aromatic heterocycles. The molecule has 100 valence electrons. The number of benzene rings is 1. The Hall–Kier alpha value is -1.26. The summed E-state index contributed by atoms with van der Waals surface area (Å²) in [4.78, 5) is 12.0. The fourth-order valence-electron chi connectivity index (χ4n) is 1.38. The van der Waals surface area contributed by atoms with E-state index >= 15 is 0 Å². The van der Waals surface area contributed by atoms with E-state index in [1.165, 1.54) is 0 Å². The van der Waals surface area contributed by atoms with Crippen molar-refractivity contribution in [3.8, 4) is 5.75 Å². The topological polar surface area (TPSA) is 64.3 Å². The average Bonchev–Trinajstić information content (AvgIpc) is 2.36. The lowest BCUT2D eigenvalue weighted by molar-refractivity contribution is 0.0937. The van der Waals surface area contributed by atoms with Gasteiger partial charge in [-0.1, -0.05) is 18.5 Å². The van der Waals surface area contributed by atoms with E-state index in [1.807, 2.05) is 13.8 Å². The van der Waals surface area contributed by atoms with Crippen molar-refractivity contribution in [2.75, 3.05) is 13.2 Å². The number of halogens is 1. The van der Waals surface area contributed by atoms with E-state index in [9.17, 15) is 4.79 Å². The van der Waals surface area contributed by atoms with Gasteiger partial charge in [0.05, 0.1) is 12.2 Å². The summed E-state index contributed by atoms with van der Waals surface area (Å²) >= 11 is 5.91. The number of carbonyl (C=O) groups is 1. The van der Waals surface area contributed by atoms with Crippen LogP contribution < -0.4 is 15.8 Å². The third kappa shape index (κ3) is 4.20. The number of amides is 1. The average molecular weight is 271 g/mol. The Kier molecular flexibility index (Phi) is 5.95. The Morgan fingerprint density at radius 2 is 2.28 bits per heavy atom. The highest BCUT2D eigenvalue weighted by Gasteiger charge is 2.14. The first-order valence-corrected chi connectivity index (χ1v) is 6.39.